The van der Waals surface area contributed by atoms with E-state index >= 15 is 0 Å². The topological polar surface area (TPSA) is 45.7 Å². The van der Waals surface area contributed by atoms with E-state index < -0.39 is 0 Å². The van der Waals surface area contributed by atoms with E-state index in [0.717, 1.165) is 55.7 Å². The molecule has 2 aromatic carbocycles. The number of carbonyl (C=O) groups is 1. The van der Waals surface area contributed by atoms with Crippen molar-refractivity contribution in [2.75, 3.05) is 33.3 Å². The minimum atomic E-state index is -0.252. The molecule has 0 N–H and O–H groups in total. The quantitative estimate of drug-likeness (QED) is 0.493. The maximum atomic E-state index is 13.0. The summed E-state index contributed by atoms with van der Waals surface area (Å²) in [5.41, 5.74) is 3.25. The van der Waals surface area contributed by atoms with Gasteiger partial charge in [0.05, 0.1) is 0 Å². The number of hydrogen-bond acceptors (Lipinski definition) is 4. The standard InChI is InChI=1S/C28H33N3O2/c1-30(26-16-20-31(21-17-26)19-15-25-14-8-9-18-29-25)27(32)22-33-28(23-10-4-2-5-11-23)24-12-6-3-7-13-24/h2-14,18,26,28H,15-17,19-22H2,1H3. The summed E-state index contributed by atoms with van der Waals surface area (Å²) in [4.78, 5) is 21.8. The molecule has 4 rings (SSSR count). The lowest BCUT2D eigenvalue weighted by molar-refractivity contribution is -0.139. The SMILES string of the molecule is CN(C(=O)COC(c1ccccc1)c1ccccc1)C1CCN(CCc2ccccn2)CC1. The first kappa shape index (κ1) is 23.1. The molecule has 33 heavy (non-hydrogen) atoms. The summed E-state index contributed by atoms with van der Waals surface area (Å²) in [5, 5.41) is 0. The maximum Gasteiger partial charge on any atom is 0.248 e. The number of piperidine rings is 1. The summed E-state index contributed by atoms with van der Waals surface area (Å²) in [6.07, 6.45) is 4.55. The van der Waals surface area contributed by atoms with Gasteiger partial charge >= 0.3 is 0 Å². The van der Waals surface area contributed by atoms with E-state index in [2.05, 4.69) is 16.0 Å². The highest BCUT2D eigenvalue weighted by Gasteiger charge is 2.26. The van der Waals surface area contributed by atoms with E-state index in [1.807, 2.05) is 90.9 Å². The Morgan fingerprint density at radius 2 is 1.58 bits per heavy atom. The summed E-state index contributed by atoms with van der Waals surface area (Å²) < 4.78 is 6.19. The van der Waals surface area contributed by atoms with Crippen molar-refractivity contribution >= 4 is 5.91 Å². The molecule has 0 unspecified atom stereocenters. The Kier molecular flexibility index (Phi) is 8.23. The van der Waals surface area contributed by atoms with Gasteiger partial charge in [0.15, 0.2) is 0 Å². The molecule has 1 aliphatic rings. The van der Waals surface area contributed by atoms with Crippen LogP contribution in [0, 0.1) is 0 Å². The third-order valence-corrected chi connectivity index (χ3v) is 6.49. The molecule has 1 aromatic heterocycles. The predicted octanol–water partition coefficient (Wildman–Crippen LogP) is 4.35. The Hall–Kier alpha value is -3.02. The number of likely N-dealkylation sites (N-methyl/N-ethyl adjacent to an activating group) is 1. The molecule has 1 aliphatic heterocycles. The van der Waals surface area contributed by atoms with Gasteiger partial charge in [-0.25, -0.2) is 0 Å². The van der Waals surface area contributed by atoms with E-state index in [4.69, 9.17) is 4.74 Å². The van der Waals surface area contributed by atoms with Crippen LogP contribution in [-0.2, 0) is 16.0 Å². The Balaban J connectivity index is 1.27. The number of hydrogen-bond donors (Lipinski definition) is 0. The predicted molar refractivity (Wildman–Crippen MR) is 131 cm³/mol. The number of likely N-dealkylation sites (tertiary alicyclic amines) is 1. The van der Waals surface area contributed by atoms with Crippen LogP contribution in [0.1, 0.15) is 35.8 Å². The number of aromatic nitrogens is 1. The molecule has 5 heteroatoms. The fourth-order valence-corrected chi connectivity index (χ4v) is 4.45. The van der Waals surface area contributed by atoms with Crippen LogP contribution < -0.4 is 0 Å². The van der Waals surface area contributed by atoms with Gasteiger partial charge in [0.25, 0.3) is 0 Å². The third kappa shape index (κ3) is 6.50. The van der Waals surface area contributed by atoms with E-state index in [9.17, 15) is 4.79 Å². The van der Waals surface area contributed by atoms with Crippen molar-refractivity contribution in [3.8, 4) is 0 Å². The number of ether oxygens (including phenoxy) is 1. The first-order valence-corrected chi connectivity index (χ1v) is 11.8. The molecule has 3 aromatic rings. The van der Waals surface area contributed by atoms with Gasteiger partial charge in [-0.3, -0.25) is 9.78 Å². The molecule has 1 saturated heterocycles. The maximum absolute atomic E-state index is 13.0. The molecule has 2 heterocycles. The molecule has 0 aliphatic carbocycles. The molecule has 0 spiro atoms. The van der Waals surface area contributed by atoms with Gasteiger partial charge < -0.3 is 14.5 Å². The highest BCUT2D eigenvalue weighted by molar-refractivity contribution is 5.77. The lowest BCUT2D eigenvalue weighted by Crippen LogP contribution is -2.47. The Bertz CT molecular complexity index is 934. The van der Waals surface area contributed by atoms with E-state index in [-0.39, 0.29) is 24.7 Å². The molecule has 1 fully saturated rings. The van der Waals surface area contributed by atoms with Gasteiger partial charge in [0.2, 0.25) is 5.91 Å². The molecule has 0 atom stereocenters. The Morgan fingerprint density at radius 1 is 0.970 bits per heavy atom. The molecule has 0 radical (unpaired) electrons. The number of carbonyl (C=O) groups excluding carboxylic acids is 1. The van der Waals surface area contributed by atoms with E-state index in [0.29, 0.717) is 0 Å². The normalized spacial score (nSPS) is 15.0. The first-order valence-electron chi connectivity index (χ1n) is 11.8. The van der Waals surface area contributed by atoms with Crippen LogP contribution in [0.2, 0.25) is 0 Å². The van der Waals surface area contributed by atoms with Crippen LogP contribution in [0.3, 0.4) is 0 Å². The van der Waals surface area contributed by atoms with Crippen LogP contribution in [-0.4, -0.2) is 60.0 Å². The molecular weight excluding hydrogens is 410 g/mol. The van der Waals surface area contributed by atoms with Gasteiger partial charge in [-0.15, -0.1) is 0 Å². The van der Waals surface area contributed by atoms with Gasteiger partial charge in [0.1, 0.15) is 12.7 Å². The third-order valence-electron chi connectivity index (χ3n) is 6.49. The summed E-state index contributed by atoms with van der Waals surface area (Å²) in [6, 6.07) is 26.5. The largest absolute Gasteiger partial charge is 0.359 e. The minimum Gasteiger partial charge on any atom is -0.359 e. The smallest absolute Gasteiger partial charge is 0.248 e. The van der Waals surface area contributed by atoms with E-state index in [1.165, 1.54) is 0 Å². The molecule has 172 valence electrons. The van der Waals surface area contributed by atoms with Crippen molar-refractivity contribution in [3.05, 3.63) is 102 Å². The number of nitrogens with zero attached hydrogens (tertiary/aromatic N) is 3. The highest BCUT2D eigenvalue weighted by atomic mass is 16.5. The van der Waals surface area contributed by atoms with Gasteiger partial charge in [-0.2, -0.15) is 0 Å². The summed E-state index contributed by atoms with van der Waals surface area (Å²) in [7, 11) is 1.92. The Morgan fingerprint density at radius 3 is 2.15 bits per heavy atom. The lowest BCUT2D eigenvalue weighted by Gasteiger charge is -2.37. The lowest BCUT2D eigenvalue weighted by atomic mass is 10.0. The van der Waals surface area contributed by atoms with Gasteiger partial charge in [-0.1, -0.05) is 66.7 Å². The molecule has 5 nitrogen and oxygen atoms in total. The zero-order chi connectivity index (χ0) is 22.9. The van der Waals surface area contributed by atoms with Gasteiger partial charge in [-0.05, 0) is 36.1 Å². The number of amides is 1. The van der Waals surface area contributed by atoms with Crippen LogP contribution in [0.25, 0.3) is 0 Å². The minimum absolute atomic E-state index is 0.0406. The average molecular weight is 444 g/mol. The summed E-state index contributed by atoms with van der Waals surface area (Å²) >= 11 is 0. The zero-order valence-corrected chi connectivity index (χ0v) is 19.3. The first-order chi connectivity index (χ1) is 16.2. The Labute approximate surface area is 197 Å². The van der Waals surface area contributed by atoms with Crippen molar-refractivity contribution in [1.82, 2.24) is 14.8 Å². The number of rotatable bonds is 9. The van der Waals surface area contributed by atoms with Crippen LogP contribution in [0.5, 0.6) is 0 Å². The van der Waals surface area contributed by atoms with Crippen molar-refractivity contribution in [1.29, 1.82) is 0 Å². The average Bonchev–Trinajstić information content (AvgIpc) is 2.89. The number of benzene rings is 2. The van der Waals surface area contributed by atoms with E-state index in [1.54, 1.807) is 0 Å². The second kappa shape index (κ2) is 11.7. The van der Waals surface area contributed by atoms with Gasteiger partial charge in [0, 0.05) is 51.0 Å². The molecule has 1 amide bonds. The molecule has 0 bridgehead atoms. The fourth-order valence-electron chi connectivity index (χ4n) is 4.45. The molecular formula is C28H33N3O2. The second-order valence-electron chi connectivity index (χ2n) is 8.66. The summed E-state index contributed by atoms with van der Waals surface area (Å²) in [6.45, 7) is 3.10. The number of pyridine rings is 1. The van der Waals surface area contributed by atoms with Crippen LogP contribution >= 0.6 is 0 Å². The molecule has 0 saturated carbocycles. The van der Waals surface area contributed by atoms with Crippen molar-refractivity contribution in [2.45, 2.75) is 31.4 Å². The van der Waals surface area contributed by atoms with Crippen molar-refractivity contribution in [2.24, 2.45) is 0 Å². The second-order valence-corrected chi connectivity index (χ2v) is 8.66. The fraction of sp³-hybridized carbons (Fsp3) is 0.357. The van der Waals surface area contributed by atoms with Crippen LogP contribution in [0.15, 0.2) is 85.1 Å². The zero-order valence-electron chi connectivity index (χ0n) is 19.3. The summed E-state index contributed by atoms with van der Waals surface area (Å²) in [5.74, 6) is 0.0406. The van der Waals surface area contributed by atoms with Crippen LogP contribution in [0.4, 0.5) is 0 Å². The monoisotopic (exact) mass is 443 g/mol. The van der Waals surface area contributed by atoms with Crippen molar-refractivity contribution in [3.63, 3.8) is 0 Å². The highest BCUT2D eigenvalue weighted by Crippen LogP contribution is 2.26. The van der Waals surface area contributed by atoms with Crippen molar-refractivity contribution < 1.29 is 9.53 Å².